The van der Waals surface area contributed by atoms with Crippen molar-refractivity contribution in [3.8, 4) is 11.5 Å². The number of fused-ring (bicyclic) bond motifs is 1. The Bertz CT molecular complexity index is 1560. The number of hydrogen-bond donors (Lipinski definition) is 0. The standard InChI is InChI=1S/C29H31N3O6S2/c1-19-16-31(17-20(2)38-19)40(34,35)23-12-10-22(11-13-23)28(33)32(18-21-8-6-5-7-9-21)29-30-26-24(36-3)14-15-25(37-4)27(26)39-29/h5-15,19-20H,16-18H2,1-4H3. The van der Waals surface area contributed by atoms with Crippen molar-refractivity contribution in [2.45, 2.75) is 37.5 Å². The van der Waals surface area contributed by atoms with Gasteiger partial charge in [0.2, 0.25) is 10.0 Å². The molecule has 11 heteroatoms. The zero-order chi connectivity index (χ0) is 28.4. The summed E-state index contributed by atoms with van der Waals surface area (Å²) in [6, 6.07) is 19.3. The number of morpholine rings is 1. The van der Waals surface area contributed by atoms with Crippen molar-refractivity contribution in [3.63, 3.8) is 0 Å². The normalized spacial score (nSPS) is 18.0. The van der Waals surface area contributed by atoms with Gasteiger partial charge in [0.05, 0.1) is 37.9 Å². The summed E-state index contributed by atoms with van der Waals surface area (Å²) in [4.78, 5) is 20.4. The molecule has 2 heterocycles. The minimum Gasteiger partial charge on any atom is -0.495 e. The molecule has 1 saturated heterocycles. The zero-order valence-electron chi connectivity index (χ0n) is 22.7. The van der Waals surface area contributed by atoms with Gasteiger partial charge in [0.1, 0.15) is 21.7 Å². The molecule has 4 aromatic rings. The highest BCUT2D eigenvalue weighted by atomic mass is 32.2. The topological polar surface area (TPSA) is 98.3 Å². The van der Waals surface area contributed by atoms with E-state index in [-0.39, 0.29) is 42.6 Å². The highest BCUT2D eigenvalue weighted by Crippen LogP contribution is 2.40. The molecule has 0 saturated carbocycles. The van der Waals surface area contributed by atoms with E-state index in [0.29, 0.717) is 27.7 Å². The number of thiazole rings is 1. The summed E-state index contributed by atoms with van der Waals surface area (Å²) in [7, 11) is -0.579. The van der Waals surface area contributed by atoms with Gasteiger partial charge in [-0.3, -0.25) is 9.69 Å². The van der Waals surface area contributed by atoms with E-state index < -0.39 is 10.0 Å². The number of benzene rings is 3. The van der Waals surface area contributed by atoms with E-state index >= 15 is 0 Å². The Hall–Kier alpha value is -3.51. The lowest BCUT2D eigenvalue weighted by atomic mass is 10.1. The highest BCUT2D eigenvalue weighted by Gasteiger charge is 2.32. The molecule has 1 aliphatic heterocycles. The van der Waals surface area contributed by atoms with Gasteiger partial charge in [-0.05, 0) is 55.8 Å². The van der Waals surface area contributed by atoms with Crippen molar-refractivity contribution in [2.24, 2.45) is 0 Å². The fourth-order valence-corrected chi connectivity index (χ4v) is 7.45. The van der Waals surface area contributed by atoms with Crippen molar-refractivity contribution in [1.29, 1.82) is 0 Å². The van der Waals surface area contributed by atoms with Crippen LogP contribution in [0.1, 0.15) is 29.8 Å². The number of anilines is 1. The first kappa shape index (κ1) is 28.0. The Morgan fingerprint density at radius 2 is 1.60 bits per heavy atom. The van der Waals surface area contributed by atoms with Gasteiger partial charge in [-0.15, -0.1) is 0 Å². The Kier molecular flexibility index (Phi) is 8.09. The average Bonchev–Trinajstić information content (AvgIpc) is 3.40. The fourth-order valence-electron chi connectivity index (χ4n) is 4.78. The lowest BCUT2D eigenvalue weighted by Crippen LogP contribution is -2.48. The summed E-state index contributed by atoms with van der Waals surface area (Å²) in [5.74, 6) is 0.901. The van der Waals surface area contributed by atoms with Crippen molar-refractivity contribution >= 4 is 42.6 Å². The van der Waals surface area contributed by atoms with Crippen LogP contribution < -0.4 is 14.4 Å². The number of ether oxygens (including phenoxy) is 3. The van der Waals surface area contributed by atoms with Crippen LogP contribution in [-0.4, -0.2) is 63.1 Å². The van der Waals surface area contributed by atoms with E-state index in [4.69, 9.17) is 19.2 Å². The van der Waals surface area contributed by atoms with Crippen LogP contribution in [0.4, 0.5) is 5.13 Å². The molecule has 0 bridgehead atoms. The van der Waals surface area contributed by atoms with Crippen molar-refractivity contribution in [3.05, 3.63) is 77.9 Å². The quantitative estimate of drug-likeness (QED) is 0.290. The smallest absolute Gasteiger partial charge is 0.260 e. The zero-order valence-corrected chi connectivity index (χ0v) is 24.4. The number of amides is 1. The van der Waals surface area contributed by atoms with Crippen LogP contribution in [-0.2, 0) is 21.3 Å². The molecule has 5 rings (SSSR count). The number of aromatic nitrogens is 1. The third-order valence-electron chi connectivity index (χ3n) is 6.68. The number of carbonyl (C=O) groups excluding carboxylic acids is 1. The number of carbonyl (C=O) groups is 1. The molecule has 0 radical (unpaired) electrons. The van der Waals surface area contributed by atoms with Gasteiger partial charge in [0, 0.05) is 18.7 Å². The van der Waals surface area contributed by atoms with Gasteiger partial charge in [0.15, 0.2) is 5.13 Å². The van der Waals surface area contributed by atoms with Gasteiger partial charge < -0.3 is 14.2 Å². The fraction of sp³-hybridized carbons (Fsp3) is 0.310. The molecule has 1 aliphatic rings. The van der Waals surface area contributed by atoms with E-state index in [9.17, 15) is 13.2 Å². The van der Waals surface area contributed by atoms with Crippen LogP contribution >= 0.6 is 11.3 Å². The molecule has 9 nitrogen and oxygen atoms in total. The minimum absolute atomic E-state index is 0.134. The molecule has 1 amide bonds. The van der Waals surface area contributed by atoms with Crippen LogP contribution in [0, 0.1) is 0 Å². The van der Waals surface area contributed by atoms with Crippen LogP contribution in [0.2, 0.25) is 0 Å². The minimum atomic E-state index is -3.73. The van der Waals surface area contributed by atoms with Crippen molar-refractivity contribution in [1.82, 2.24) is 9.29 Å². The maximum Gasteiger partial charge on any atom is 0.260 e. The molecule has 0 aliphatic carbocycles. The van der Waals surface area contributed by atoms with Crippen LogP contribution in [0.15, 0.2) is 71.6 Å². The van der Waals surface area contributed by atoms with Crippen molar-refractivity contribution in [2.75, 3.05) is 32.2 Å². The Labute approximate surface area is 238 Å². The first-order valence-electron chi connectivity index (χ1n) is 12.8. The Morgan fingerprint density at radius 1 is 0.975 bits per heavy atom. The number of sulfonamides is 1. The molecule has 0 N–H and O–H groups in total. The van der Waals surface area contributed by atoms with Gasteiger partial charge >= 0.3 is 0 Å². The van der Waals surface area contributed by atoms with Gasteiger partial charge in [-0.1, -0.05) is 41.7 Å². The molecule has 40 heavy (non-hydrogen) atoms. The summed E-state index contributed by atoms with van der Waals surface area (Å²) in [6.45, 7) is 4.54. The highest BCUT2D eigenvalue weighted by molar-refractivity contribution is 7.89. The van der Waals surface area contributed by atoms with E-state index in [1.807, 2.05) is 50.2 Å². The first-order chi connectivity index (χ1) is 19.2. The maximum atomic E-state index is 13.9. The lowest BCUT2D eigenvalue weighted by Gasteiger charge is -2.34. The van der Waals surface area contributed by atoms with E-state index in [1.165, 1.54) is 27.8 Å². The lowest BCUT2D eigenvalue weighted by molar-refractivity contribution is -0.0440. The molecular formula is C29H31N3O6S2. The number of nitrogens with zero attached hydrogens (tertiary/aromatic N) is 3. The van der Waals surface area contributed by atoms with Gasteiger partial charge in [-0.25, -0.2) is 13.4 Å². The van der Waals surface area contributed by atoms with E-state index in [0.717, 1.165) is 10.3 Å². The van der Waals surface area contributed by atoms with E-state index in [1.54, 1.807) is 37.3 Å². The summed E-state index contributed by atoms with van der Waals surface area (Å²) in [5, 5.41) is 0.472. The van der Waals surface area contributed by atoms with Gasteiger partial charge in [-0.2, -0.15) is 4.31 Å². The molecular weight excluding hydrogens is 550 g/mol. The monoisotopic (exact) mass is 581 g/mol. The van der Waals surface area contributed by atoms with Crippen LogP contribution in [0.5, 0.6) is 11.5 Å². The van der Waals surface area contributed by atoms with E-state index in [2.05, 4.69) is 0 Å². The summed E-state index contributed by atoms with van der Waals surface area (Å²) >= 11 is 1.33. The number of rotatable bonds is 8. The third kappa shape index (κ3) is 5.55. The molecule has 2 unspecified atom stereocenters. The predicted octanol–water partition coefficient (Wildman–Crippen LogP) is 4.96. The second kappa shape index (κ2) is 11.5. The number of hydrogen-bond acceptors (Lipinski definition) is 8. The average molecular weight is 582 g/mol. The second-order valence-electron chi connectivity index (χ2n) is 9.62. The Balaban J connectivity index is 1.50. The molecule has 1 aromatic heterocycles. The summed E-state index contributed by atoms with van der Waals surface area (Å²) in [6.07, 6.45) is -0.394. The van der Waals surface area contributed by atoms with Gasteiger partial charge in [0.25, 0.3) is 5.91 Å². The Morgan fingerprint density at radius 3 is 2.23 bits per heavy atom. The van der Waals surface area contributed by atoms with Crippen molar-refractivity contribution < 1.29 is 27.4 Å². The molecule has 210 valence electrons. The molecule has 1 fully saturated rings. The SMILES string of the molecule is COc1ccc(OC)c2sc(N(Cc3ccccc3)C(=O)c3ccc(S(=O)(=O)N4CC(C)OC(C)C4)cc3)nc12. The molecule has 0 spiro atoms. The maximum absolute atomic E-state index is 13.9. The summed E-state index contributed by atoms with van der Waals surface area (Å²) < 4.78 is 45.6. The van der Waals surface area contributed by atoms with Crippen LogP contribution in [0.25, 0.3) is 10.2 Å². The molecule has 2 atom stereocenters. The second-order valence-corrected chi connectivity index (χ2v) is 12.5. The largest absolute Gasteiger partial charge is 0.495 e. The third-order valence-corrected chi connectivity index (χ3v) is 9.62. The van der Waals surface area contributed by atoms with Crippen LogP contribution in [0.3, 0.4) is 0 Å². The number of methoxy groups -OCH3 is 2. The summed E-state index contributed by atoms with van der Waals surface area (Å²) in [5.41, 5.74) is 1.86. The first-order valence-corrected chi connectivity index (χ1v) is 15.1. The predicted molar refractivity (Wildman–Crippen MR) is 155 cm³/mol. The molecule has 3 aromatic carbocycles.